The van der Waals surface area contributed by atoms with Crippen molar-refractivity contribution >= 4 is 17.8 Å². The Morgan fingerprint density at radius 3 is 2.54 bits per heavy atom. The highest BCUT2D eigenvalue weighted by molar-refractivity contribution is 5.41. The zero-order valence-electron chi connectivity index (χ0n) is 14.5. The number of rotatable bonds is 7. The predicted molar refractivity (Wildman–Crippen MR) is 101 cm³/mol. The molecule has 0 spiro atoms. The van der Waals surface area contributed by atoms with E-state index in [4.69, 9.17) is 5.73 Å². The molecule has 0 aliphatic rings. The largest absolute Gasteiger partial charge is 0.368 e. The van der Waals surface area contributed by atoms with Crippen LogP contribution >= 0.6 is 0 Å². The van der Waals surface area contributed by atoms with Gasteiger partial charge in [-0.05, 0) is 36.6 Å². The summed E-state index contributed by atoms with van der Waals surface area (Å²) in [7, 11) is 0. The van der Waals surface area contributed by atoms with E-state index in [9.17, 15) is 4.39 Å². The summed E-state index contributed by atoms with van der Waals surface area (Å²) in [6.07, 6.45) is 0.645. The highest BCUT2D eigenvalue weighted by Gasteiger charge is 2.09. The average Bonchev–Trinajstić information content (AvgIpc) is 2.62. The van der Waals surface area contributed by atoms with Gasteiger partial charge >= 0.3 is 0 Å². The summed E-state index contributed by atoms with van der Waals surface area (Å²) in [6.45, 7) is 2.58. The number of anilines is 3. The summed E-state index contributed by atoms with van der Waals surface area (Å²) < 4.78 is 13.2. The predicted octanol–water partition coefficient (Wildman–Crippen LogP) is 3.42. The van der Waals surface area contributed by atoms with Gasteiger partial charge in [-0.1, -0.05) is 42.5 Å². The maximum Gasteiger partial charge on any atom is 0.229 e. The molecule has 7 heteroatoms. The molecule has 3 rings (SSSR count). The summed E-state index contributed by atoms with van der Waals surface area (Å²) in [4.78, 5) is 12.6. The van der Waals surface area contributed by atoms with E-state index in [2.05, 4.69) is 25.6 Å². The minimum Gasteiger partial charge on any atom is -0.368 e. The van der Waals surface area contributed by atoms with E-state index < -0.39 is 0 Å². The Morgan fingerprint density at radius 1 is 1.00 bits per heavy atom. The van der Waals surface area contributed by atoms with Gasteiger partial charge in [0.1, 0.15) is 5.82 Å². The van der Waals surface area contributed by atoms with Crippen molar-refractivity contribution in [2.24, 2.45) is 0 Å². The second kappa shape index (κ2) is 8.24. The van der Waals surface area contributed by atoms with E-state index in [1.165, 1.54) is 12.1 Å². The standard InChI is InChI=1S/C19H21FN6/c1-13(15-7-3-2-4-8-15)23-19-25-17(21)24-18(26-19)22-11-10-14-6-5-9-16(20)12-14/h2-9,12-13H,10-11H2,1H3,(H4,21,22,23,24,25,26)/t13-/m0/s1. The maximum absolute atomic E-state index is 13.2. The van der Waals surface area contributed by atoms with Gasteiger partial charge in [-0.3, -0.25) is 0 Å². The van der Waals surface area contributed by atoms with Crippen molar-refractivity contribution in [3.8, 4) is 0 Å². The first-order valence-electron chi connectivity index (χ1n) is 8.41. The number of aromatic nitrogens is 3. The van der Waals surface area contributed by atoms with Crippen LogP contribution in [-0.4, -0.2) is 21.5 Å². The molecule has 6 nitrogen and oxygen atoms in total. The summed E-state index contributed by atoms with van der Waals surface area (Å²) in [5, 5.41) is 6.33. The molecule has 0 aliphatic heterocycles. The van der Waals surface area contributed by atoms with Gasteiger partial charge in [0.2, 0.25) is 17.8 Å². The Bertz CT molecular complexity index is 856. The second-order valence-corrected chi connectivity index (χ2v) is 5.92. The quantitative estimate of drug-likeness (QED) is 0.604. The van der Waals surface area contributed by atoms with Crippen LogP contribution in [0.2, 0.25) is 0 Å². The Kier molecular flexibility index (Phi) is 5.58. The van der Waals surface area contributed by atoms with Crippen molar-refractivity contribution in [2.45, 2.75) is 19.4 Å². The number of benzene rings is 2. The molecule has 3 aromatic rings. The number of nitrogen functional groups attached to an aromatic ring is 1. The number of nitrogens with two attached hydrogens (primary N) is 1. The number of hydrogen-bond acceptors (Lipinski definition) is 6. The molecular formula is C19H21FN6. The van der Waals surface area contributed by atoms with E-state index in [-0.39, 0.29) is 17.8 Å². The minimum atomic E-state index is -0.242. The summed E-state index contributed by atoms with van der Waals surface area (Å²) >= 11 is 0. The Hall–Kier alpha value is -3.22. The van der Waals surface area contributed by atoms with Crippen molar-refractivity contribution in [3.05, 3.63) is 71.5 Å². The van der Waals surface area contributed by atoms with Gasteiger partial charge in [0, 0.05) is 6.54 Å². The average molecular weight is 352 g/mol. The number of nitrogens with zero attached hydrogens (tertiary/aromatic N) is 3. The van der Waals surface area contributed by atoms with E-state index >= 15 is 0 Å². The molecule has 26 heavy (non-hydrogen) atoms. The molecule has 1 atom stereocenters. The molecular weight excluding hydrogens is 331 g/mol. The Labute approximate surface area is 151 Å². The van der Waals surface area contributed by atoms with Gasteiger partial charge in [-0.25, -0.2) is 4.39 Å². The molecule has 4 N–H and O–H groups in total. The summed E-state index contributed by atoms with van der Waals surface area (Å²) in [6, 6.07) is 16.5. The molecule has 0 aliphatic carbocycles. The molecule has 0 saturated carbocycles. The maximum atomic E-state index is 13.2. The first kappa shape index (κ1) is 17.6. The van der Waals surface area contributed by atoms with Gasteiger partial charge < -0.3 is 16.4 Å². The molecule has 134 valence electrons. The van der Waals surface area contributed by atoms with E-state index in [1.807, 2.05) is 43.3 Å². The first-order valence-corrected chi connectivity index (χ1v) is 8.41. The summed E-state index contributed by atoms with van der Waals surface area (Å²) in [5.74, 6) is 0.683. The highest BCUT2D eigenvalue weighted by Crippen LogP contribution is 2.17. The van der Waals surface area contributed by atoms with Crippen LogP contribution in [-0.2, 0) is 6.42 Å². The first-order chi connectivity index (χ1) is 12.6. The fourth-order valence-electron chi connectivity index (χ4n) is 2.57. The lowest BCUT2D eigenvalue weighted by Gasteiger charge is -2.15. The van der Waals surface area contributed by atoms with Crippen molar-refractivity contribution < 1.29 is 4.39 Å². The minimum absolute atomic E-state index is 0.0261. The normalized spacial score (nSPS) is 11.8. The van der Waals surface area contributed by atoms with Crippen LogP contribution in [0.5, 0.6) is 0 Å². The van der Waals surface area contributed by atoms with Crippen LogP contribution in [0, 0.1) is 5.82 Å². The lowest BCUT2D eigenvalue weighted by Crippen LogP contribution is -2.14. The smallest absolute Gasteiger partial charge is 0.229 e. The molecule has 2 aromatic carbocycles. The number of hydrogen-bond donors (Lipinski definition) is 3. The molecule has 1 heterocycles. The second-order valence-electron chi connectivity index (χ2n) is 5.92. The van der Waals surface area contributed by atoms with Crippen molar-refractivity contribution in [1.82, 2.24) is 15.0 Å². The lowest BCUT2D eigenvalue weighted by atomic mass is 10.1. The third kappa shape index (κ3) is 4.89. The molecule has 0 fully saturated rings. The van der Waals surface area contributed by atoms with Gasteiger partial charge in [-0.2, -0.15) is 15.0 Å². The van der Waals surface area contributed by atoms with E-state index in [0.717, 1.165) is 11.1 Å². The van der Waals surface area contributed by atoms with Crippen LogP contribution < -0.4 is 16.4 Å². The Morgan fingerprint density at radius 2 is 1.77 bits per heavy atom. The van der Waals surface area contributed by atoms with Crippen molar-refractivity contribution in [1.29, 1.82) is 0 Å². The van der Waals surface area contributed by atoms with Crippen LogP contribution in [0.15, 0.2) is 54.6 Å². The summed E-state index contributed by atoms with van der Waals surface area (Å²) in [5.41, 5.74) is 7.80. The van der Waals surface area contributed by atoms with E-state index in [0.29, 0.717) is 24.9 Å². The van der Waals surface area contributed by atoms with Crippen LogP contribution in [0.25, 0.3) is 0 Å². The SMILES string of the molecule is C[C@H](Nc1nc(N)nc(NCCc2cccc(F)c2)n1)c1ccccc1. The van der Waals surface area contributed by atoms with Gasteiger partial charge in [0.25, 0.3) is 0 Å². The topological polar surface area (TPSA) is 88.8 Å². The van der Waals surface area contributed by atoms with Crippen LogP contribution in [0.1, 0.15) is 24.1 Å². The molecule has 0 saturated heterocycles. The third-order valence-electron chi connectivity index (χ3n) is 3.88. The van der Waals surface area contributed by atoms with Gasteiger partial charge in [0.15, 0.2) is 0 Å². The fourth-order valence-corrected chi connectivity index (χ4v) is 2.57. The number of nitrogens with one attached hydrogen (secondary N) is 2. The highest BCUT2D eigenvalue weighted by atomic mass is 19.1. The zero-order valence-corrected chi connectivity index (χ0v) is 14.5. The van der Waals surface area contributed by atoms with E-state index in [1.54, 1.807) is 6.07 Å². The third-order valence-corrected chi connectivity index (χ3v) is 3.88. The molecule has 0 bridgehead atoms. The van der Waals surface area contributed by atoms with Gasteiger partial charge in [-0.15, -0.1) is 0 Å². The Balaban J connectivity index is 1.62. The molecule has 0 unspecified atom stereocenters. The van der Waals surface area contributed by atoms with Crippen molar-refractivity contribution in [2.75, 3.05) is 22.9 Å². The lowest BCUT2D eigenvalue weighted by molar-refractivity contribution is 0.625. The molecule has 0 amide bonds. The van der Waals surface area contributed by atoms with Crippen LogP contribution in [0.3, 0.4) is 0 Å². The zero-order chi connectivity index (χ0) is 18.4. The number of halogens is 1. The van der Waals surface area contributed by atoms with Crippen LogP contribution in [0.4, 0.5) is 22.2 Å². The molecule has 0 radical (unpaired) electrons. The van der Waals surface area contributed by atoms with Crippen molar-refractivity contribution in [3.63, 3.8) is 0 Å². The monoisotopic (exact) mass is 352 g/mol. The van der Waals surface area contributed by atoms with Gasteiger partial charge in [0.05, 0.1) is 6.04 Å². The fraction of sp³-hybridized carbons (Fsp3) is 0.211. The molecule has 1 aromatic heterocycles.